The highest BCUT2D eigenvalue weighted by molar-refractivity contribution is 6.31. The average Bonchev–Trinajstić information content (AvgIpc) is 2.80. The van der Waals surface area contributed by atoms with Gasteiger partial charge in [-0.25, -0.2) is 4.39 Å². The van der Waals surface area contributed by atoms with E-state index in [4.69, 9.17) is 11.6 Å². The van der Waals surface area contributed by atoms with Gasteiger partial charge < -0.3 is 5.32 Å². The lowest BCUT2D eigenvalue weighted by Crippen LogP contribution is -2.14. The zero-order chi connectivity index (χ0) is 14.0. The predicted octanol–water partition coefficient (Wildman–Crippen LogP) is 3.58. The Morgan fingerprint density at radius 3 is 2.79 bits per heavy atom. The lowest BCUT2D eigenvalue weighted by molar-refractivity contribution is 0.102. The molecule has 0 aliphatic carbocycles. The molecule has 100 valence electrons. The van der Waals surface area contributed by atoms with Crippen LogP contribution in [0.15, 0.2) is 24.3 Å². The van der Waals surface area contributed by atoms with Crippen molar-refractivity contribution in [2.45, 2.75) is 19.8 Å². The van der Waals surface area contributed by atoms with Crippen molar-refractivity contribution in [2.24, 2.45) is 0 Å². The summed E-state index contributed by atoms with van der Waals surface area (Å²) >= 11 is 5.74. The third-order valence-corrected chi connectivity index (χ3v) is 2.87. The van der Waals surface area contributed by atoms with Gasteiger partial charge in [-0.3, -0.25) is 9.89 Å². The summed E-state index contributed by atoms with van der Waals surface area (Å²) in [5.74, 6) is -0.586. The van der Waals surface area contributed by atoms with Crippen LogP contribution < -0.4 is 5.32 Å². The third kappa shape index (κ3) is 3.12. The molecule has 0 spiro atoms. The smallest absolute Gasteiger partial charge is 0.259 e. The zero-order valence-corrected chi connectivity index (χ0v) is 11.3. The number of H-pyrrole nitrogens is 1. The Kier molecular flexibility index (Phi) is 3.85. The molecule has 0 fully saturated rings. The van der Waals surface area contributed by atoms with E-state index in [0.29, 0.717) is 10.8 Å². The number of amides is 1. The Balaban J connectivity index is 2.18. The summed E-state index contributed by atoms with van der Waals surface area (Å²) in [7, 11) is 0. The number of carbonyl (C=O) groups is 1. The van der Waals surface area contributed by atoms with Crippen LogP contribution in [-0.2, 0) is 0 Å². The number of aromatic amines is 1. The van der Waals surface area contributed by atoms with E-state index in [1.54, 1.807) is 6.07 Å². The van der Waals surface area contributed by atoms with E-state index >= 15 is 0 Å². The standard InChI is InChI=1S/C13H13ClFN3O/c1-7(2)11-6-12(18-17-11)16-13(19)9-5-8(14)3-4-10(9)15/h3-7H,1-2H3,(H2,16,17,18,19). The first-order chi connectivity index (χ1) is 8.97. The molecular formula is C13H13ClFN3O. The molecular weight excluding hydrogens is 269 g/mol. The molecule has 0 saturated carbocycles. The SMILES string of the molecule is CC(C)c1cc(NC(=O)c2cc(Cl)ccc2F)n[nH]1. The topological polar surface area (TPSA) is 57.8 Å². The summed E-state index contributed by atoms with van der Waals surface area (Å²) in [5.41, 5.74) is 0.781. The molecule has 0 unspecified atom stereocenters. The molecule has 1 amide bonds. The Hall–Kier alpha value is -1.88. The summed E-state index contributed by atoms with van der Waals surface area (Å²) in [4.78, 5) is 11.9. The van der Waals surface area contributed by atoms with Crippen molar-refractivity contribution in [3.8, 4) is 0 Å². The van der Waals surface area contributed by atoms with E-state index in [-0.39, 0.29) is 11.5 Å². The summed E-state index contributed by atoms with van der Waals surface area (Å²) in [5, 5.41) is 9.57. The number of nitrogens with one attached hydrogen (secondary N) is 2. The van der Waals surface area contributed by atoms with Gasteiger partial charge in [0.2, 0.25) is 0 Å². The quantitative estimate of drug-likeness (QED) is 0.903. The Morgan fingerprint density at radius 2 is 2.16 bits per heavy atom. The van der Waals surface area contributed by atoms with E-state index in [0.717, 1.165) is 11.8 Å². The highest BCUT2D eigenvalue weighted by Crippen LogP contribution is 2.18. The molecule has 0 aliphatic rings. The van der Waals surface area contributed by atoms with Crippen molar-refractivity contribution < 1.29 is 9.18 Å². The Bertz CT molecular complexity index is 610. The van der Waals surface area contributed by atoms with Crippen LogP contribution >= 0.6 is 11.6 Å². The lowest BCUT2D eigenvalue weighted by Gasteiger charge is -2.03. The molecule has 1 heterocycles. The highest BCUT2D eigenvalue weighted by atomic mass is 35.5. The molecule has 0 saturated heterocycles. The molecule has 2 aromatic rings. The number of hydrogen-bond donors (Lipinski definition) is 2. The van der Waals surface area contributed by atoms with E-state index in [1.165, 1.54) is 12.1 Å². The van der Waals surface area contributed by atoms with Gasteiger partial charge >= 0.3 is 0 Å². The van der Waals surface area contributed by atoms with Gasteiger partial charge in [0.25, 0.3) is 5.91 Å². The number of benzene rings is 1. The maximum Gasteiger partial charge on any atom is 0.259 e. The second-order valence-corrected chi connectivity index (χ2v) is 4.88. The minimum absolute atomic E-state index is 0.110. The maximum absolute atomic E-state index is 13.5. The van der Waals surface area contributed by atoms with Gasteiger partial charge in [-0.05, 0) is 24.1 Å². The van der Waals surface area contributed by atoms with Gasteiger partial charge in [0.1, 0.15) is 5.82 Å². The van der Waals surface area contributed by atoms with Crippen molar-refractivity contribution in [3.05, 3.63) is 46.4 Å². The minimum Gasteiger partial charge on any atom is -0.305 e. The van der Waals surface area contributed by atoms with Gasteiger partial charge in [-0.1, -0.05) is 25.4 Å². The summed E-state index contributed by atoms with van der Waals surface area (Å²) in [6.45, 7) is 3.99. The van der Waals surface area contributed by atoms with Crippen molar-refractivity contribution >= 4 is 23.3 Å². The summed E-state index contributed by atoms with van der Waals surface area (Å²) in [6.07, 6.45) is 0. The number of carbonyl (C=O) groups excluding carboxylic acids is 1. The van der Waals surface area contributed by atoms with Crippen LogP contribution in [0.4, 0.5) is 10.2 Å². The normalized spacial score (nSPS) is 10.8. The van der Waals surface area contributed by atoms with Gasteiger partial charge in [-0.15, -0.1) is 0 Å². The number of anilines is 1. The number of hydrogen-bond acceptors (Lipinski definition) is 2. The fraction of sp³-hybridized carbons (Fsp3) is 0.231. The fourth-order valence-electron chi connectivity index (χ4n) is 1.55. The molecule has 19 heavy (non-hydrogen) atoms. The van der Waals surface area contributed by atoms with Crippen molar-refractivity contribution in [1.82, 2.24) is 10.2 Å². The van der Waals surface area contributed by atoms with Crippen molar-refractivity contribution in [3.63, 3.8) is 0 Å². The summed E-state index contributed by atoms with van der Waals surface area (Å²) < 4.78 is 13.5. The predicted molar refractivity (Wildman–Crippen MR) is 72.0 cm³/mol. The molecule has 0 aliphatic heterocycles. The molecule has 2 N–H and O–H groups in total. The molecule has 0 bridgehead atoms. The van der Waals surface area contributed by atoms with E-state index in [1.807, 2.05) is 13.8 Å². The largest absolute Gasteiger partial charge is 0.305 e. The summed E-state index contributed by atoms with van der Waals surface area (Å²) in [6, 6.07) is 5.54. The molecule has 0 atom stereocenters. The van der Waals surface area contributed by atoms with Crippen molar-refractivity contribution in [1.29, 1.82) is 0 Å². The molecule has 4 nitrogen and oxygen atoms in total. The number of aromatic nitrogens is 2. The van der Waals surface area contributed by atoms with Crippen molar-refractivity contribution in [2.75, 3.05) is 5.32 Å². The second kappa shape index (κ2) is 5.40. The van der Waals surface area contributed by atoms with Crippen LogP contribution in [0, 0.1) is 5.82 Å². The molecule has 6 heteroatoms. The van der Waals surface area contributed by atoms with Gasteiger partial charge in [0.05, 0.1) is 5.56 Å². The first-order valence-electron chi connectivity index (χ1n) is 5.79. The van der Waals surface area contributed by atoms with Crippen LogP contribution in [-0.4, -0.2) is 16.1 Å². The van der Waals surface area contributed by atoms with E-state index in [2.05, 4.69) is 15.5 Å². The Morgan fingerprint density at radius 1 is 1.42 bits per heavy atom. The fourth-order valence-corrected chi connectivity index (χ4v) is 1.72. The number of rotatable bonds is 3. The van der Waals surface area contributed by atoms with Gasteiger partial charge in [0.15, 0.2) is 5.82 Å². The van der Waals surface area contributed by atoms with Crippen LogP contribution in [0.1, 0.15) is 35.8 Å². The molecule has 2 rings (SSSR count). The van der Waals surface area contributed by atoms with Crippen LogP contribution in [0.3, 0.4) is 0 Å². The second-order valence-electron chi connectivity index (χ2n) is 4.44. The first-order valence-corrected chi connectivity index (χ1v) is 6.17. The lowest BCUT2D eigenvalue weighted by atomic mass is 10.1. The molecule has 1 aromatic carbocycles. The van der Waals surface area contributed by atoms with Crippen LogP contribution in [0.25, 0.3) is 0 Å². The van der Waals surface area contributed by atoms with Gasteiger partial charge in [-0.2, -0.15) is 5.10 Å². The van der Waals surface area contributed by atoms with E-state index < -0.39 is 11.7 Å². The van der Waals surface area contributed by atoms with Crippen LogP contribution in [0.2, 0.25) is 5.02 Å². The average molecular weight is 282 g/mol. The minimum atomic E-state index is -0.624. The highest BCUT2D eigenvalue weighted by Gasteiger charge is 2.14. The molecule has 1 aromatic heterocycles. The van der Waals surface area contributed by atoms with Gasteiger partial charge in [0, 0.05) is 16.8 Å². The van der Waals surface area contributed by atoms with Crippen LogP contribution in [0.5, 0.6) is 0 Å². The number of halogens is 2. The zero-order valence-electron chi connectivity index (χ0n) is 10.5. The first kappa shape index (κ1) is 13.5. The maximum atomic E-state index is 13.5. The Labute approximate surface area is 115 Å². The third-order valence-electron chi connectivity index (χ3n) is 2.63. The van der Waals surface area contributed by atoms with E-state index in [9.17, 15) is 9.18 Å². The molecule has 0 radical (unpaired) electrons. The monoisotopic (exact) mass is 281 g/mol. The number of nitrogens with zero attached hydrogens (tertiary/aromatic N) is 1.